The maximum absolute atomic E-state index is 11.0. The van der Waals surface area contributed by atoms with E-state index in [4.69, 9.17) is 0 Å². The van der Waals surface area contributed by atoms with Gasteiger partial charge in [-0.1, -0.05) is 0 Å². The largest absolute Gasteiger partial charge is 0.380 e. The molecule has 0 aliphatic rings. The first-order valence-electron chi connectivity index (χ1n) is 4.73. The van der Waals surface area contributed by atoms with Crippen LogP contribution in [-0.4, -0.2) is 31.5 Å². The van der Waals surface area contributed by atoms with E-state index in [1.54, 1.807) is 12.4 Å². The van der Waals surface area contributed by atoms with Crippen LogP contribution in [0.1, 0.15) is 12.5 Å². The lowest BCUT2D eigenvalue weighted by Crippen LogP contribution is -2.25. The summed E-state index contributed by atoms with van der Waals surface area (Å²) < 4.78 is 22.1. The van der Waals surface area contributed by atoms with Crippen LogP contribution in [-0.2, 0) is 9.84 Å². The molecule has 0 aliphatic carbocycles. The molecule has 0 saturated carbocycles. The predicted molar refractivity (Wildman–Crippen MR) is 61.8 cm³/mol. The van der Waals surface area contributed by atoms with E-state index < -0.39 is 9.84 Å². The number of nitrogens with one attached hydrogen (secondary N) is 1. The fourth-order valence-electron chi connectivity index (χ4n) is 1.41. The molecule has 4 nitrogen and oxygen atoms in total. The van der Waals surface area contributed by atoms with Crippen molar-refractivity contribution in [2.75, 3.05) is 17.3 Å². The number of pyridine rings is 1. The summed E-state index contributed by atoms with van der Waals surface area (Å²) in [6.07, 6.45) is 4.68. The molecule has 0 bridgehead atoms. The van der Waals surface area contributed by atoms with Gasteiger partial charge in [0.2, 0.25) is 0 Å². The van der Waals surface area contributed by atoms with Gasteiger partial charge in [0.05, 0.1) is 11.4 Å². The van der Waals surface area contributed by atoms with Gasteiger partial charge in [0.25, 0.3) is 0 Å². The fourth-order valence-corrected chi connectivity index (χ4v) is 2.41. The normalized spacial score (nSPS) is 13.5. The topological polar surface area (TPSA) is 59.1 Å². The molecule has 1 N–H and O–H groups in total. The zero-order valence-electron chi connectivity index (χ0n) is 9.19. The fraction of sp³-hybridized carbons (Fsp3) is 0.500. The van der Waals surface area contributed by atoms with Gasteiger partial charge in [0, 0.05) is 24.7 Å². The van der Waals surface area contributed by atoms with Crippen molar-refractivity contribution >= 4 is 15.5 Å². The van der Waals surface area contributed by atoms with Crippen LogP contribution < -0.4 is 5.32 Å². The highest BCUT2D eigenvalue weighted by molar-refractivity contribution is 7.90. The summed E-state index contributed by atoms with van der Waals surface area (Å²) >= 11 is 0. The minimum atomic E-state index is -2.94. The summed E-state index contributed by atoms with van der Waals surface area (Å²) in [4.78, 5) is 4.02. The van der Waals surface area contributed by atoms with Crippen LogP contribution in [0.2, 0.25) is 0 Å². The van der Waals surface area contributed by atoms with Crippen molar-refractivity contribution in [3.8, 4) is 0 Å². The van der Waals surface area contributed by atoms with E-state index in [0.29, 0.717) is 0 Å². The van der Waals surface area contributed by atoms with Crippen LogP contribution in [0, 0.1) is 6.92 Å². The van der Waals surface area contributed by atoms with Gasteiger partial charge in [0.1, 0.15) is 9.84 Å². The number of hydrogen-bond donors (Lipinski definition) is 1. The first-order chi connectivity index (χ1) is 6.87. The molecular formula is C10H16N2O2S. The van der Waals surface area contributed by atoms with E-state index >= 15 is 0 Å². The highest BCUT2D eigenvalue weighted by Gasteiger charge is 2.10. The molecule has 1 aromatic rings. The summed E-state index contributed by atoms with van der Waals surface area (Å²) in [5.41, 5.74) is 1.90. The van der Waals surface area contributed by atoms with Crippen molar-refractivity contribution in [2.45, 2.75) is 19.9 Å². The minimum Gasteiger partial charge on any atom is -0.380 e. The van der Waals surface area contributed by atoms with Crippen molar-refractivity contribution in [1.82, 2.24) is 4.98 Å². The second kappa shape index (κ2) is 4.61. The number of hydrogen-bond acceptors (Lipinski definition) is 4. The quantitative estimate of drug-likeness (QED) is 0.842. The smallest absolute Gasteiger partial charge is 0.149 e. The van der Waals surface area contributed by atoms with Gasteiger partial charge in [-0.3, -0.25) is 4.98 Å². The van der Waals surface area contributed by atoms with Crippen LogP contribution in [0.4, 0.5) is 5.69 Å². The van der Waals surface area contributed by atoms with E-state index in [2.05, 4.69) is 10.3 Å². The van der Waals surface area contributed by atoms with Gasteiger partial charge in [-0.15, -0.1) is 0 Å². The van der Waals surface area contributed by atoms with Gasteiger partial charge >= 0.3 is 0 Å². The van der Waals surface area contributed by atoms with Crippen molar-refractivity contribution in [3.05, 3.63) is 24.0 Å². The molecule has 1 aromatic heterocycles. The Morgan fingerprint density at radius 2 is 2.13 bits per heavy atom. The van der Waals surface area contributed by atoms with E-state index in [9.17, 15) is 8.42 Å². The monoisotopic (exact) mass is 228 g/mol. The number of sulfone groups is 1. The van der Waals surface area contributed by atoms with E-state index in [0.717, 1.165) is 11.3 Å². The summed E-state index contributed by atoms with van der Waals surface area (Å²) in [5, 5.41) is 3.10. The lowest BCUT2D eigenvalue weighted by Gasteiger charge is -2.13. The second-order valence-corrected chi connectivity index (χ2v) is 6.07. The predicted octanol–water partition coefficient (Wildman–Crippen LogP) is 1.24. The number of rotatable bonds is 4. The van der Waals surface area contributed by atoms with E-state index in [-0.39, 0.29) is 11.8 Å². The summed E-state index contributed by atoms with van der Waals surface area (Å²) in [6, 6.07) is 1.83. The molecule has 1 unspecified atom stereocenters. The molecule has 84 valence electrons. The molecule has 0 aromatic carbocycles. The Bertz CT molecular complexity index is 429. The second-order valence-electron chi connectivity index (χ2n) is 3.89. The molecule has 1 heterocycles. The number of nitrogens with zero attached hydrogens (tertiary/aromatic N) is 1. The van der Waals surface area contributed by atoms with Crippen molar-refractivity contribution in [2.24, 2.45) is 0 Å². The molecule has 0 fully saturated rings. The Labute approximate surface area is 90.7 Å². The van der Waals surface area contributed by atoms with Crippen molar-refractivity contribution < 1.29 is 8.42 Å². The maximum Gasteiger partial charge on any atom is 0.149 e. The third-order valence-corrected chi connectivity index (χ3v) is 2.95. The van der Waals surface area contributed by atoms with Gasteiger partial charge < -0.3 is 5.32 Å². The van der Waals surface area contributed by atoms with Gasteiger partial charge in [-0.2, -0.15) is 0 Å². The summed E-state index contributed by atoms with van der Waals surface area (Å²) in [7, 11) is -2.94. The lowest BCUT2D eigenvalue weighted by atomic mass is 10.3. The minimum absolute atomic E-state index is 0.108. The van der Waals surface area contributed by atoms with Crippen LogP contribution in [0.15, 0.2) is 18.5 Å². The van der Waals surface area contributed by atoms with Gasteiger partial charge in [0.15, 0.2) is 0 Å². The molecule has 5 heteroatoms. The zero-order valence-corrected chi connectivity index (χ0v) is 10.0. The Morgan fingerprint density at radius 3 is 2.67 bits per heavy atom. The maximum atomic E-state index is 11.0. The van der Waals surface area contributed by atoms with E-state index in [1.807, 2.05) is 19.9 Å². The average Bonchev–Trinajstić information content (AvgIpc) is 1.99. The third-order valence-electron chi connectivity index (χ3n) is 1.84. The highest BCUT2D eigenvalue weighted by Crippen LogP contribution is 2.09. The van der Waals surface area contributed by atoms with Crippen LogP contribution >= 0.6 is 0 Å². The summed E-state index contributed by atoms with van der Waals surface area (Å²) in [6.45, 7) is 3.78. The number of aryl methyl sites for hydroxylation is 1. The molecule has 0 radical (unpaired) electrons. The Balaban J connectivity index is 2.63. The first kappa shape index (κ1) is 12.0. The number of aromatic nitrogens is 1. The van der Waals surface area contributed by atoms with Crippen molar-refractivity contribution in [1.29, 1.82) is 0 Å². The standard InChI is InChI=1S/C10H16N2O2S/c1-8-4-10(6-11-5-8)12-9(2)7-15(3,13)14/h4-6,9,12H,7H2,1-3H3. The molecule has 0 aliphatic heterocycles. The first-order valence-corrected chi connectivity index (χ1v) is 6.79. The molecule has 15 heavy (non-hydrogen) atoms. The molecule has 1 rings (SSSR count). The van der Waals surface area contributed by atoms with E-state index in [1.165, 1.54) is 6.26 Å². The highest BCUT2D eigenvalue weighted by atomic mass is 32.2. The van der Waals surface area contributed by atoms with Crippen LogP contribution in [0.3, 0.4) is 0 Å². The SMILES string of the molecule is Cc1cncc(NC(C)CS(C)(=O)=O)c1. The zero-order chi connectivity index (χ0) is 11.5. The molecule has 0 spiro atoms. The number of anilines is 1. The summed E-state index contributed by atoms with van der Waals surface area (Å²) in [5.74, 6) is 0.126. The van der Waals surface area contributed by atoms with Gasteiger partial charge in [-0.25, -0.2) is 8.42 Å². The van der Waals surface area contributed by atoms with Crippen molar-refractivity contribution in [3.63, 3.8) is 0 Å². The Hall–Kier alpha value is -1.10. The Morgan fingerprint density at radius 1 is 1.47 bits per heavy atom. The average molecular weight is 228 g/mol. The Kier molecular flexibility index (Phi) is 3.68. The molecule has 0 amide bonds. The van der Waals surface area contributed by atoms with Gasteiger partial charge in [-0.05, 0) is 25.5 Å². The molecular weight excluding hydrogens is 212 g/mol. The molecule has 0 saturated heterocycles. The third kappa shape index (κ3) is 4.78. The van der Waals surface area contributed by atoms with Crippen LogP contribution in [0.5, 0.6) is 0 Å². The lowest BCUT2D eigenvalue weighted by molar-refractivity contribution is 0.598. The van der Waals surface area contributed by atoms with Crippen LogP contribution in [0.25, 0.3) is 0 Å². The molecule has 1 atom stereocenters.